The zero-order chi connectivity index (χ0) is 15.8. The molecule has 4 heteroatoms. The summed E-state index contributed by atoms with van der Waals surface area (Å²) < 4.78 is 5.22. The summed E-state index contributed by atoms with van der Waals surface area (Å²) in [6.07, 6.45) is 4.89. The standard InChI is InChI=1S/C18H28N2O2/c1-19-11-8-15-9-12-20(13-10-15)18(21)7-6-16-4-3-5-17(14-16)22-2/h3-5,14-15,19H,6-13H2,1-2H3. The number of amides is 1. The van der Waals surface area contributed by atoms with Crippen LogP contribution in [-0.2, 0) is 11.2 Å². The fourth-order valence-electron chi connectivity index (χ4n) is 3.06. The second-order valence-corrected chi connectivity index (χ2v) is 6.07. The van der Waals surface area contributed by atoms with Crippen LogP contribution in [0, 0.1) is 5.92 Å². The molecule has 0 saturated carbocycles. The van der Waals surface area contributed by atoms with Gasteiger partial charge in [-0.1, -0.05) is 12.1 Å². The number of aryl methyl sites for hydroxylation is 1. The third kappa shape index (κ3) is 5.02. The Labute approximate surface area is 133 Å². The van der Waals surface area contributed by atoms with Crippen LogP contribution < -0.4 is 10.1 Å². The number of nitrogens with zero attached hydrogens (tertiary/aromatic N) is 1. The summed E-state index contributed by atoms with van der Waals surface area (Å²) >= 11 is 0. The molecule has 0 unspecified atom stereocenters. The van der Waals surface area contributed by atoms with Gasteiger partial charge in [0.15, 0.2) is 0 Å². The zero-order valence-electron chi connectivity index (χ0n) is 13.8. The number of piperidine rings is 1. The quantitative estimate of drug-likeness (QED) is 0.841. The fourth-order valence-corrected chi connectivity index (χ4v) is 3.06. The highest BCUT2D eigenvalue weighted by Crippen LogP contribution is 2.21. The van der Waals surface area contributed by atoms with Crippen molar-refractivity contribution < 1.29 is 9.53 Å². The van der Waals surface area contributed by atoms with E-state index in [1.54, 1.807) is 7.11 Å². The molecule has 1 heterocycles. The first-order valence-electron chi connectivity index (χ1n) is 8.28. The SMILES string of the molecule is CNCCC1CCN(C(=O)CCc2cccc(OC)c2)CC1. The molecule has 0 atom stereocenters. The average Bonchev–Trinajstić information content (AvgIpc) is 2.58. The van der Waals surface area contributed by atoms with Crippen molar-refractivity contribution in [2.45, 2.75) is 32.1 Å². The Morgan fingerprint density at radius 1 is 1.36 bits per heavy atom. The number of rotatable bonds is 7. The van der Waals surface area contributed by atoms with Crippen LogP contribution in [-0.4, -0.2) is 44.6 Å². The van der Waals surface area contributed by atoms with Gasteiger partial charge in [0.25, 0.3) is 0 Å². The Morgan fingerprint density at radius 3 is 2.82 bits per heavy atom. The summed E-state index contributed by atoms with van der Waals surface area (Å²) in [5, 5.41) is 3.21. The van der Waals surface area contributed by atoms with Crippen LogP contribution in [0.4, 0.5) is 0 Å². The predicted octanol–water partition coefficient (Wildman–Crippen LogP) is 2.48. The second kappa shape index (κ2) is 8.79. The number of benzene rings is 1. The van der Waals surface area contributed by atoms with Crippen molar-refractivity contribution in [1.29, 1.82) is 0 Å². The van der Waals surface area contributed by atoms with Crippen molar-refractivity contribution in [1.82, 2.24) is 10.2 Å². The highest BCUT2D eigenvalue weighted by molar-refractivity contribution is 5.76. The van der Waals surface area contributed by atoms with Gasteiger partial charge < -0.3 is 15.0 Å². The van der Waals surface area contributed by atoms with E-state index in [9.17, 15) is 4.79 Å². The summed E-state index contributed by atoms with van der Waals surface area (Å²) in [6, 6.07) is 7.98. The Bertz CT molecular complexity index is 468. The maximum atomic E-state index is 12.3. The molecule has 2 rings (SSSR count). The smallest absolute Gasteiger partial charge is 0.222 e. The summed E-state index contributed by atoms with van der Waals surface area (Å²) in [6.45, 7) is 2.92. The lowest BCUT2D eigenvalue weighted by atomic mass is 9.93. The molecule has 1 saturated heterocycles. The predicted molar refractivity (Wildman–Crippen MR) is 89.2 cm³/mol. The first kappa shape index (κ1) is 16.8. The largest absolute Gasteiger partial charge is 0.497 e. The third-order valence-corrected chi connectivity index (χ3v) is 4.53. The van der Waals surface area contributed by atoms with Crippen molar-refractivity contribution in [2.24, 2.45) is 5.92 Å². The lowest BCUT2D eigenvalue weighted by Crippen LogP contribution is -2.39. The number of nitrogens with one attached hydrogen (secondary N) is 1. The van der Waals surface area contributed by atoms with E-state index in [2.05, 4.69) is 11.4 Å². The summed E-state index contributed by atoms with van der Waals surface area (Å²) in [7, 11) is 3.67. The van der Waals surface area contributed by atoms with Crippen LogP contribution in [0.3, 0.4) is 0 Å². The molecule has 1 N–H and O–H groups in total. The number of hydrogen-bond donors (Lipinski definition) is 1. The third-order valence-electron chi connectivity index (χ3n) is 4.53. The summed E-state index contributed by atoms with van der Waals surface area (Å²) in [4.78, 5) is 14.4. The Morgan fingerprint density at radius 2 is 2.14 bits per heavy atom. The molecule has 0 radical (unpaired) electrons. The van der Waals surface area contributed by atoms with E-state index in [0.29, 0.717) is 6.42 Å². The summed E-state index contributed by atoms with van der Waals surface area (Å²) in [5.41, 5.74) is 1.16. The highest BCUT2D eigenvalue weighted by atomic mass is 16.5. The molecule has 122 valence electrons. The first-order valence-corrected chi connectivity index (χ1v) is 8.28. The number of likely N-dealkylation sites (tertiary alicyclic amines) is 1. The van der Waals surface area contributed by atoms with Gasteiger partial charge in [-0.2, -0.15) is 0 Å². The number of hydrogen-bond acceptors (Lipinski definition) is 3. The van der Waals surface area contributed by atoms with Gasteiger partial charge in [-0.25, -0.2) is 0 Å². The van der Waals surface area contributed by atoms with Gasteiger partial charge >= 0.3 is 0 Å². The summed E-state index contributed by atoms with van der Waals surface area (Å²) in [5.74, 6) is 1.92. The van der Waals surface area contributed by atoms with Gasteiger partial charge in [-0.3, -0.25) is 4.79 Å². The topological polar surface area (TPSA) is 41.6 Å². The molecular weight excluding hydrogens is 276 g/mol. The van der Waals surface area contributed by atoms with E-state index in [4.69, 9.17) is 4.74 Å². The fraction of sp³-hybridized carbons (Fsp3) is 0.611. The van der Waals surface area contributed by atoms with Gasteiger partial charge in [0, 0.05) is 19.5 Å². The lowest BCUT2D eigenvalue weighted by molar-refractivity contribution is -0.132. The van der Waals surface area contributed by atoms with E-state index in [0.717, 1.165) is 56.1 Å². The molecule has 0 aliphatic carbocycles. The Kier molecular flexibility index (Phi) is 6.72. The molecule has 0 bridgehead atoms. The first-order chi connectivity index (χ1) is 10.7. The van der Waals surface area contributed by atoms with Gasteiger partial charge in [0.1, 0.15) is 5.75 Å². The maximum absolute atomic E-state index is 12.3. The van der Waals surface area contributed by atoms with Crippen molar-refractivity contribution in [3.8, 4) is 5.75 Å². The van der Waals surface area contributed by atoms with Crippen LogP contribution in [0.1, 0.15) is 31.2 Å². The van der Waals surface area contributed by atoms with Crippen LogP contribution in [0.5, 0.6) is 5.75 Å². The normalized spacial score (nSPS) is 15.8. The Balaban J connectivity index is 1.74. The van der Waals surface area contributed by atoms with Gasteiger partial charge in [-0.15, -0.1) is 0 Å². The van der Waals surface area contributed by atoms with E-state index in [1.165, 1.54) is 6.42 Å². The number of carbonyl (C=O) groups is 1. The van der Waals surface area contributed by atoms with Crippen LogP contribution in [0.15, 0.2) is 24.3 Å². The van der Waals surface area contributed by atoms with Crippen LogP contribution in [0.2, 0.25) is 0 Å². The van der Waals surface area contributed by atoms with Crippen LogP contribution in [0.25, 0.3) is 0 Å². The minimum absolute atomic E-state index is 0.287. The molecule has 0 aromatic heterocycles. The average molecular weight is 304 g/mol. The number of methoxy groups -OCH3 is 1. The monoisotopic (exact) mass is 304 g/mol. The van der Waals surface area contributed by atoms with Crippen molar-refractivity contribution in [2.75, 3.05) is 33.8 Å². The van der Waals surface area contributed by atoms with E-state index in [1.807, 2.05) is 30.1 Å². The lowest BCUT2D eigenvalue weighted by Gasteiger charge is -2.32. The molecule has 1 aromatic rings. The van der Waals surface area contributed by atoms with Crippen molar-refractivity contribution in [3.63, 3.8) is 0 Å². The van der Waals surface area contributed by atoms with Crippen molar-refractivity contribution in [3.05, 3.63) is 29.8 Å². The minimum Gasteiger partial charge on any atom is -0.497 e. The van der Waals surface area contributed by atoms with Gasteiger partial charge in [0.2, 0.25) is 5.91 Å². The number of ether oxygens (including phenoxy) is 1. The molecule has 1 aliphatic rings. The van der Waals surface area contributed by atoms with Crippen molar-refractivity contribution >= 4 is 5.91 Å². The molecule has 1 aromatic carbocycles. The van der Waals surface area contributed by atoms with Crippen LogP contribution >= 0.6 is 0 Å². The Hall–Kier alpha value is -1.55. The molecule has 0 spiro atoms. The highest BCUT2D eigenvalue weighted by Gasteiger charge is 2.22. The van der Waals surface area contributed by atoms with Gasteiger partial charge in [0.05, 0.1) is 7.11 Å². The van der Waals surface area contributed by atoms with E-state index < -0.39 is 0 Å². The zero-order valence-corrected chi connectivity index (χ0v) is 13.8. The second-order valence-electron chi connectivity index (χ2n) is 6.07. The molecule has 1 aliphatic heterocycles. The van der Waals surface area contributed by atoms with E-state index in [-0.39, 0.29) is 5.91 Å². The minimum atomic E-state index is 0.287. The number of carbonyl (C=O) groups excluding carboxylic acids is 1. The molecule has 1 fully saturated rings. The van der Waals surface area contributed by atoms with E-state index >= 15 is 0 Å². The molecule has 22 heavy (non-hydrogen) atoms. The van der Waals surface area contributed by atoms with Gasteiger partial charge in [-0.05, 0) is 62.9 Å². The molecule has 1 amide bonds. The maximum Gasteiger partial charge on any atom is 0.222 e. The molecular formula is C18H28N2O2. The molecule has 4 nitrogen and oxygen atoms in total.